The zero-order valence-corrected chi connectivity index (χ0v) is 12.7. The number of fused-ring (bicyclic) bond motifs is 4. The molecule has 0 aromatic heterocycles. The largest absolute Gasteiger partial charge is 0.468 e. The van der Waals surface area contributed by atoms with Gasteiger partial charge < -0.3 is 19.7 Å². The van der Waals surface area contributed by atoms with Gasteiger partial charge in [0.15, 0.2) is 10.8 Å². The Kier molecular flexibility index (Phi) is 3.56. The smallest absolute Gasteiger partial charge is 0.184 e. The quantitative estimate of drug-likeness (QED) is 0.681. The highest BCUT2D eigenvalue weighted by molar-refractivity contribution is 7.80. The third-order valence-electron chi connectivity index (χ3n) is 4.05. The number of hydrogen-bond donors (Lipinski definition) is 1. The normalized spacial score (nSPS) is 27.6. The number of nitrogens with one attached hydrogen (secondary N) is 1. The molecular formula is C15H20N2O2S. The van der Waals surface area contributed by atoms with Gasteiger partial charge in [-0.25, -0.2) is 0 Å². The summed E-state index contributed by atoms with van der Waals surface area (Å²) in [6.45, 7) is 3.69. The SMILES string of the molecule is COCCCN1C(=S)N[C@@H]2C[C@@]1(C)Oc1ccccc12. The molecule has 0 saturated carbocycles. The Bertz CT molecular complexity index is 522. The number of methoxy groups -OCH3 is 1. The van der Waals surface area contributed by atoms with E-state index in [0.717, 1.165) is 36.9 Å². The van der Waals surface area contributed by atoms with Crippen LogP contribution in [0.25, 0.3) is 0 Å². The summed E-state index contributed by atoms with van der Waals surface area (Å²) in [6.07, 6.45) is 1.83. The van der Waals surface area contributed by atoms with Crippen molar-refractivity contribution < 1.29 is 9.47 Å². The minimum Gasteiger partial charge on any atom is -0.468 e. The molecule has 2 bridgehead atoms. The van der Waals surface area contributed by atoms with Crippen molar-refractivity contribution in [3.05, 3.63) is 29.8 Å². The number of rotatable bonds is 4. The molecule has 20 heavy (non-hydrogen) atoms. The fraction of sp³-hybridized carbons (Fsp3) is 0.533. The van der Waals surface area contributed by atoms with Crippen LogP contribution in [-0.2, 0) is 4.74 Å². The summed E-state index contributed by atoms with van der Waals surface area (Å²) in [6, 6.07) is 8.44. The van der Waals surface area contributed by atoms with Gasteiger partial charge in [0.2, 0.25) is 0 Å². The number of hydrogen-bond acceptors (Lipinski definition) is 3. The van der Waals surface area contributed by atoms with Crippen LogP contribution in [0.3, 0.4) is 0 Å². The van der Waals surface area contributed by atoms with E-state index in [1.54, 1.807) is 7.11 Å². The van der Waals surface area contributed by atoms with Crippen molar-refractivity contribution in [3.8, 4) is 5.75 Å². The zero-order valence-electron chi connectivity index (χ0n) is 11.9. The van der Waals surface area contributed by atoms with Crippen molar-refractivity contribution in [1.29, 1.82) is 0 Å². The predicted octanol–water partition coefficient (Wildman–Crippen LogP) is 2.45. The molecule has 0 aliphatic carbocycles. The summed E-state index contributed by atoms with van der Waals surface area (Å²) in [5.74, 6) is 0.956. The molecule has 4 nitrogen and oxygen atoms in total. The molecule has 1 aromatic rings. The molecule has 1 N–H and O–H groups in total. The van der Waals surface area contributed by atoms with Crippen LogP contribution in [0.1, 0.15) is 31.4 Å². The maximum atomic E-state index is 6.26. The van der Waals surface area contributed by atoms with Crippen molar-refractivity contribution >= 4 is 17.3 Å². The zero-order chi connectivity index (χ0) is 14.2. The molecule has 2 aliphatic heterocycles. The fourth-order valence-corrected chi connectivity index (χ4v) is 3.50. The van der Waals surface area contributed by atoms with Gasteiger partial charge in [-0.15, -0.1) is 0 Å². The summed E-state index contributed by atoms with van der Waals surface area (Å²) in [5.41, 5.74) is 0.832. The summed E-state index contributed by atoms with van der Waals surface area (Å²) >= 11 is 5.53. The van der Waals surface area contributed by atoms with E-state index in [9.17, 15) is 0 Å². The molecule has 3 rings (SSSR count). The average molecular weight is 292 g/mol. The Morgan fingerprint density at radius 1 is 1.50 bits per heavy atom. The lowest BCUT2D eigenvalue weighted by molar-refractivity contribution is -0.0698. The van der Waals surface area contributed by atoms with Crippen LogP contribution in [0, 0.1) is 0 Å². The van der Waals surface area contributed by atoms with Crippen LogP contribution in [0.5, 0.6) is 5.75 Å². The molecule has 0 spiro atoms. The Morgan fingerprint density at radius 2 is 2.30 bits per heavy atom. The Morgan fingerprint density at radius 3 is 3.10 bits per heavy atom. The third kappa shape index (κ3) is 2.25. The van der Waals surface area contributed by atoms with Crippen molar-refractivity contribution in [2.24, 2.45) is 0 Å². The first-order valence-corrected chi connectivity index (χ1v) is 7.40. The summed E-state index contributed by atoms with van der Waals surface area (Å²) < 4.78 is 11.4. The van der Waals surface area contributed by atoms with Crippen molar-refractivity contribution in [1.82, 2.24) is 10.2 Å². The van der Waals surface area contributed by atoms with E-state index in [0.29, 0.717) is 0 Å². The predicted molar refractivity (Wildman–Crippen MR) is 81.8 cm³/mol. The monoisotopic (exact) mass is 292 g/mol. The fourth-order valence-electron chi connectivity index (χ4n) is 3.07. The lowest BCUT2D eigenvalue weighted by atomic mass is 9.90. The van der Waals surface area contributed by atoms with Crippen molar-refractivity contribution in [3.63, 3.8) is 0 Å². The Balaban J connectivity index is 1.86. The van der Waals surface area contributed by atoms with E-state index in [1.165, 1.54) is 5.56 Å². The van der Waals surface area contributed by atoms with Crippen molar-refractivity contribution in [2.45, 2.75) is 31.5 Å². The molecule has 1 aromatic carbocycles. The van der Waals surface area contributed by atoms with Crippen LogP contribution < -0.4 is 10.1 Å². The number of para-hydroxylation sites is 1. The molecule has 2 atom stereocenters. The molecule has 1 saturated heterocycles. The van der Waals surface area contributed by atoms with Gasteiger partial charge in [0.25, 0.3) is 0 Å². The van der Waals surface area contributed by atoms with Gasteiger partial charge in [-0.3, -0.25) is 0 Å². The molecule has 108 valence electrons. The maximum absolute atomic E-state index is 6.26. The highest BCUT2D eigenvalue weighted by Crippen LogP contribution is 2.43. The van der Waals surface area contributed by atoms with Gasteiger partial charge in [0.05, 0.1) is 6.04 Å². The summed E-state index contributed by atoms with van der Waals surface area (Å²) in [7, 11) is 1.72. The lowest BCUT2D eigenvalue weighted by Crippen LogP contribution is -2.64. The van der Waals surface area contributed by atoms with E-state index in [-0.39, 0.29) is 11.8 Å². The standard InChI is InChI=1S/C15H20N2O2S/c1-15-10-12(11-6-3-4-7-13(11)19-15)16-14(20)17(15)8-5-9-18-2/h3-4,6-7,12H,5,8-10H2,1-2H3,(H,16,20)/t12-,15-/m1/s1. The van der Waals surface area contributed by atoms with E-state index >= 15 is 0 Å². The van der Waals surface area contributed by atoms with Crippen molar-refractivity contribution in [2.75, 3.05) is 20.3 Å². The minimum absolute atomic E-state index is 0.246. The number of ether oxygens (including phenoxy) is 2. The lowest BCUT2D eigenvalue weighted by Gasteiger charge is -2.52. The molecule has 0 unspecified atom stereocenters. The second-order valence-corrected chi connectivity index (χ2v) is 5.91. The molecular weight excluding hydrogens is 272 g/mol. The van der Waals surface area contributed by atoms with Gasteiger partial charge in [-0.05, 0) is 31.6 Å². The van der Waals surface area contributed by atoms with E-state index in [4.69, 9.17) is 21.7 Å². The maximum Gasteiger partial charge on any atom is 0.184 e. The van der Waals surface area contributed by atoms with Gasteiger partial charge >= 0.3 is 0 Å². The van der Waals surface area contributed by atoms with Gasteiger partial charge in [0, 0.05) is 32.2 Å². The highest BCUT2D eigenvalue weighted by atomic mass is 32.1. The molecule has 2 aliphatic rings. The van der Waals surface area contributed by atoms with Crippen LogP contribution >= 0.6 is 12.2 Å². The van der Waals surface area contributed by atoms with Crippen LogP contribution in [-0.4, -0.2) is 36.0 Å². The van der Waals surface area contributed by atoms with Crippen LogP contribution in [0.2, 0.25) is 0 Å². The summed E-state index contributed by atoms with van der Waals surface area (Å²) in [4.78, 5) is 2.15. The second kappa shape index (κ2) is 5.22. The van der Waals surface area contributed by atoms with Gasteiger partial charge in [0.1, 0.15) is 5.75 Å². The number of benzene rings is 1. The third-order valence-corrected chi connectivity index (χ3v) is 4.39. The minimum atomic E-state index is -0.366. The molecule has 0 radical (unpaired) electrons. The number of nitrogens with zero attached hydrogens (tertiary/aromatic N) is 1. The molecule has 0 amide bonds. The first-order valence-electron chi connectivity index (χ1n) is 6.99. The molecule has 1 fully saturated rings. The highest BCUT2D eigenvalue weighted by Gasteiger charge is 2.47. The topological polar surface area (TPSA) is 33.7 Å². The van der Waals surface area contributed by atoms with Gasteiger partial charge in [-0.1, -0.05) is 18.2 Å². The number of thiocarbonyl (C=S) groups is 1. The average Bonchev–Trinajstić information content (AvgIpc) is 2.42. The molecule has 5 heteroatoms. The Hall–Kier alpha value is -1.33. The van der Waals surface area contributed by atoms with Crippen LogP contribution in [0.15, 0.2) is 24.3 Å². The van der Waals surface area contributed by atoms with E-state index < -0.39 is 0 Å². The molecule has 2 heterocycles. The summed E-state index contributed by atoms with van der Waals surface area (Å²) in [5, 5.41) is 4.22. The van der Waals surface area contributed by atoms with E-state index in [2.05, 4.69) is 23.2 Å². The first kappa shape index (κ1) is 13.6. The Labute approximate surface area is 125 Å². The second-order valence-electron chi connectivity index (χ2n) is 5.52. The van der Waals surface area contributed by atoms with Gasteiger partial charge in [-0.2, -0.15) is 0 Å². The van der Waals surface area contributed by atoms with Crippen LogP contribution in [0.4, 0.5) is 0 Å². The first-order chi connectivity index (χ1) is 9.64. The van der Waals surface area contributed by atoms with E-state index in [1.807, 2.05) is 18.2 Å².